The fraction of sp³-hybridized carbons (Fsp3) is 0.593. The number of piperidine rings is 1. The van der Waals surface area contributed by atoms with Crippen LogP contribution in [0.3, 0.4) is 0 Å². The lowest BCUT2D eigenvalue weighted by Gasteiger charge is -2.32. The first kappa shape index (κ1) is 24.0. The molecule has 1 aliphatic carbocycles. The number of aliphatic hydroxyl groups is 1. The molecule has 0 bridgehead atoms. The Bertz CT molecular complexity index is 1140. The Hall–Kier alpha value is -2.71. The van der Waals surface area contributed by atoms with Crippen LogP contribution in [0, 0.1) is 0 Å². The molecule has 0 unspecified atom stereocenters. The summed E-state index contributed by atoms with van der Waals surface area (Å²) < 4.78 is 7.33. The van der Waals surface area contributed by atoms with Gasteiger partial charge in [0.25, 0.3) is 0 Å². The van der Waals surface area contributed by atoms with Crippen LogP contribution in [0.4, 0.5) is 11.8 Å². The number of hydrogen-bond acceptors (Lipinski definition) is 7. The molecule has 1 aliphatic heterocycles. The van der Waals surface area contributed by atoms with E-state index in [-0.39, 0.29) is 6.04 Å². The third-order valence-corrected chi connectivity index (χ3v) is 7.55. The van der Waals surface area contributed by atoms with Crippen LogP contribution in [-0.4, -0.2) is 63.1 Å². The number of hydrogen-bond donors (Lipinski definition) is 2. The van der Waals surface area contributed by atoms with Crippen molar-refractivity contribution < 1.29 is 9.84 Å². The molecular formula is C27H38N6O2. The molecule has 2 aliphatic rings. The minimum absolute atomic E-state index is 0.105. The van der Waals surface area contributed by atoms with E-state index in [4.69, 9.17) is 9.84 Å². The highest BCUT2D eigenvalue weighted by atomic mass is 16.5. The molecule has 35 heavy (non-hydrogen) atoms. The molecule has 1 saturated carbocycles. The van der Waals surface area contributed by atoms with Gasteiger partial charge in [0.1, 0.15) is 5.82 Å². The third-order valence-electron chi connectivity index (χ3n) is 7.55. The summed E-state index contributed by atoms with van der Waals surface area (Å²) in [5.74, 6) is 1.99. The summed E-state index contributed by atoms with van der Waals surface area (Å²) in [7, 11) is 1.70. The molecule has 0 aromatic carbocycles. The van der Waals surface area contributed by atoms with Crippen molar-refractivity contribution in [1.82, 2.24) is 19.6 Å². The summed E-state index contributed by atoms with van der Waals surface area (Å²) in [6.07, 6.45) is 11.1. The molecule has 8 nitrogen and oxygen atoms in total. The second kappa shape index (κ2) is 10.1. The van der Waals surface area contributed by atoms with Gasteiger partial charge in [0.05, 0.1) is 23.9 Å². The Kier molecular flexibility index (Phi) is 6.93. The van der Waals surface area contributed by atoms with E-state index in [9.17, 15) is 5.11 Å². The molecule has 2 fully saturated rings. The van der Waals surface area contributed by atoms with Crippen molar-refractivity contribution >= 4 is 17.3 Å². The van der Waals surface area contributed by atoms with E-state index in [1.165, 1.54) is 25.0 Å². The summed E-state index contributed by atoms with van der Waals surface area (Å²) >= 11 is 0. The lowest BCUT2D eigenvalue weighted by atomic mass is 9.78. The molecule has 2 N–H and O–H groups in total. The zero-order valence-corrected chi connectivity index (χ0v) is 21.2. The molecular weight excluding hydrogens is 440 g/mol. The SMILES string of the molecule is COC[C@H](C)Nc1ncc2c(-c3ccnc(N4CCCCC4)c3)cc(C3CCC(C)(O)CC3)n2n1. The number of nitrogens with one attached hydrogen (secondary N) is 1. The predicted molar refractivity (Wildman–Crippen MR) is 139 cm³/mol. The van der Waals surface area contributed by atoms with Gasteiger partial charge in [-0.1, -0.05) is 0 Å². The first-order valence-electron chi connectivity index (χ1n) is 13.0. The molecule has 0 spiro atoms. The molecule has 0 radical (unpaired) electrons. The minimum atomic E-state index is -0.571. The van der Waals surface area contributed by atoms with Crippen LogP contribution in [0.25, 0.3) is 16.6 Å². The maximum atomic E-state index is 10.5. The number of pyridine rings is 1. The minimum Gasteiger partial charge on any atom is -0.390 e. The number of fused-ring (bicyclic) bond motifs is 1. The van der Waals surface area contributed by atoms with Gasteiger partial charge in [-0.2, -0.15) is 0 Å². The van der Waals surface area contributed by atoms with E-state index in [0.717, 1.165) is 61.2 Å². The van der Waals surface area contributed by atoms with Gasteiger partial charge in [0.15, 0.2) is 0 Å². The topological polar surface area (TPSA) is 87.8 Å². The fourth-order valence-electron chi connectivity index (χ4n) is 5.53. The van der Waals surface area contributed by atoms with Crippen molar-refractivity contribution in [2.75, 3.05) is 37.0 Å². The highest BCUT2D eigenvalue weighted by Crippen LogP contribution is 2.41. The van der Waals surface area contributed by atoms with Crippen molar-refractivity contribution in [3.8, 4) is 11.1 Å². The van der Waals surface area contributed by atoms with Gasteiger partial charge >= 0.3 is 0 Å². The van der Waals surface area contributed by atoms with E-state index in [0.29, 0.717) is 18.5 Å². The van der Waals surface area contributed by atoms with Crippen molar-refractivity contribution in [3.05, 3.63) is 36.3 Å². The molecule has 1 saturated heterocycles. The maximum Gasteiger partial charge on any atom is 0.241 e. The Morgan fingerprint density at radius 1 is 1.17 bits per heavy atom. The van der Waals surface area contributed by atoms with Crippen molar-refractivity contribution in [3.63, 3.8) is 0 Å². The van der Waals surface area contributed by atoms with Gasteiger partial charge in [0.2, 0.25) is 5.95 Å². The average molecular weight is 479 g/mol. The summed E-state index contributed by atoms with van der Waals surface area (Å²) in [6, 6.07) is 6.69. The van der Waals surface area contributed by atoms with Crippen LogP contribution in [-0.2, 0) is 4.74 Å². The number of methoxy groups -OCH3 is 1. The number of nitrogens with zero attached hydrogens (tertiary/aromatic N) is 5. The van der Waals surface area contributed by atoms with Crippen molar-refractivity contribution in [1.29, 1.82) is 0 Å². The van der Waals surface area contributed by atoms with Crippen molar-refractivity contribution in [2.24, 2.45) is 0 Å². The van der Waals surface area contributed by atoms with Crippen LogP contribution in [0.5, 0.6) is 0 Å². The van der Waals surface area contributed by atoms with E-state index in [2.05, 4.69) is 49.8 Å². The smallest absolute Gasteiger partial charge is 0.241 e. The lowest BCUT2D eigenvalue weighted by molar-refractivity contribution is 0.0167. The van der Waals surface area contributed by atoms with E-state index < -0.39 is 5.60 Å². The molecule has 8 heteroatoms. The Morgan fingerprint density at radius 2 is 1.94 bits per heavy atom. The highest BCUT2D eigenvalue weighted by molar-refractivity contribution is 5.82. The molecule has 5 rings (SSSR count). The van der Waals surface area contributed by atoms with Crippen molar-refractivity contribution in [2.45, 2.75) is 76.4 Å². The molecule has 1 atom stereocenters. The van der Waals surface area contributed by atoms with Gasteiger partial charge < -0.3 is 20.1 Å². The van der Waals surface area contributed by atoms with Gasteiger partial charge in [-0.15, -0.1) is 5.10 Å². The Morgan fingerprint density at radius 3 is 2.69 bits per heavy atom. The number of aromatic nitrogens is 4. The quantitative estimate of drug-likeness (QED) is 0.512. The van der Waals surface area contributed by atoms with Crippen LogP contribution >= 0.6 is 0 Å². The third kappa shape index (κ3) is 5.28. The summed E-state index contributed by atoms with van der Waals surface area (Å²) in [4.78, 5) is 11.7. The molecule has 3 aromatic heterocycles. The largest absolute Gasteiger partial charge is 0.390 e. The van der Waals surface area contributed by atoms with E-state index in [1.54, 1.807) is 7.11 Å². The van der Waals surface area contributed by atoms with Gasteiger partial charge in [-0.3, -0.25) is 0 Å². The fourth-order valence-corrected chi connectivity index (χ4v) is 5.53. The van der Waals surface area contributed by atoms with Gasteiger partial charge in [-0.05, 0) is 82.6 Å². The number of rotatable bonds is 7. The molecule has 4 heterocycles. The Balaban J connectivity index is 1.54. The number of anilines is 2. The predicted octanol–water partition coefficient (Wildman–Crippen LogP) is 4.64. The summed E-state index contributed by atoms with van der Waals surface area (Å²) in [5, 5.41) is 18.8. The second-order valence-corrected chi connectivity index (χ2v) is 10.6. The normalized spacial score (nSPS) is 24.0. The van der Waals surface area contributed by atoms with Crippen LogP contribution in [0.2, 0.25) is 0 Å². The number of ether oxygens (including phenoxy) is 1. The summed E-state index contributed by atoms with van der Waals surface area (Å²) in [6.45, 7) is 6.72. The van der Waals surface area contributed by atoms with Gasteiger partial charge in [-0.25, -0.2) is 14.5 Å². The molecule has 188 valence electrons. The monoisotopic (exact) mass is 478 g/mol. The molecule has 0 amide bonds. The molecule has 3 aromatic rings. The maximum absolute atomic E-state index is 10.5. The first-order chi connectivity index (χ1) is 16.9. The highest BCUT2D eigenvalue weighted by Gasteiger charge is 2.31. The standard InChI is InChI=1S/C27H38N6O2/c1-19(18-35-3)30-26-29-17-24-22(21-9-12-28-25(15-21)32-13-5-4-6-14-32)16-23(33(24)31-26)20-7-10-27(2,34)11-8-20/h9,12,15-17,19-20,34H,4-8,10-11,13-14,18H2,1-3H3,(H,30,31)/t19-,20?,27?/m0/s1. The van der Waals surface area contributed by atoms with Crippen LogP contribution in [0.15, 0.2) is 30.6 Å². The van der Waals surface area contributed by atoms with Crippen LogP contribution < -0.4 is 10.2 Å². The summed E-state index contributed by atoms with van der Waals surface area (Å²) in [5.41, 5.74) is 3.89. The lowest BCUT2D eigenvalue weighted by Crippen LogP contribution is -2.30. The average Bonchev–Trinajstić information content (AvgIpc) is 3.24. The van der Waals surface area contributed by atoms with Crippen LogP contribution in [0.1, 0.15) is 70.4 Å². The zero-order chi connectivity index (χ0) is 24.4. The van der Waals surface area contributed by atoms with E-state index in [1.807, 2.05) is 19.3 Å². The zero-order valence-electron chi connectivity index (χ0n) is 21.2. The van der Waals surface area contributed by atoms with E-state index >= 15 is 0 Å². The van der Waals surface area contributed by atoms with Gasteiger partial charge in [0, 0.05) is 49.6 Å². The Labute approximate surface area is 207 Å². The second-order valence-electron chi connectivity index (χ2n) is 10.6. The first-order valence-corrected chi connectivity index (χ1v) is 13.0.